The quantitative estimate of drug-likeness (QED) is 0.278. The van der Waals surface area contributed by atoms with Gasteiger partial charge in [-0.2, -0.15) is 0 Å². The van der Waals surface area contributed by atoms with Gasteiger partial charge in [0.25, 0.3) is 0 Å². The van der Waals surface area contributed by atoms with Crippen LogP contribution in [0.15, 0.2) is 48.5 Å². The Morgan fingerprint density at radius 1 is 1.06 bits per heavy atom. The van der Waals surface area contributed by atoms with Crippen LogP contribution in [-0.2, 0) is 22.4 Å². The van der Waals surface area contributed by atoms with Gasteiger partial charge in [0.1, 0.15) is 5.75 Å². The molecule has 2 aromatic rings. The lowest BCUT2D eigenvalue weighted by Crippen LogP contribution is -2.49. The summed E-state index contributed by atoms with van der Waals surface area (Å²) in [6.45, 7) is 1.46. The molecule has 1 aliphatic heterocycles. The van der Waals surface area contributed by atoms with Gasteiger partial charge in [0, 0.05) is 6.42 Å². The SMILES string of the molecule is O=C(N[C@H]1c2ccccc2C[C@H]1O)[C@H](Cc1cccc(O)c1)[C@@H](C(=O)NO)C1CCNCC1. The maximum Gasteiger partial charge on any atom is 0.247 e. The molecule has 0 aromatic heterocycles. The minimum atomic E-state index is -0.790. The lowest BCUT2D eigenvalue weighted by atomic mass is 9.73. The molecule has 33 heavy (non-hydrogen) atoms. The molecule has 4 rings (SSSR count). The molecule has 8 heteroatoms. The average Bonchev–Trinajstić information content (AvgIpc) is 3.14. The molecule has 4 atom stereocenters. The molecule has 1 aliphatic carbocycles. The summed E-state index contributed by atoms with van der Waals surface area (Å²) in [6, 6.07) is 13.7. The van der Waals surface area contributed by atoms with Crippen molar-refractivity contribution in [2.75, 3.05) is 13.1 Å². The van der Waals surface area contributed by atoms with Crippen molar-refractivity contribution in [3.63, 3.8) is 0 Å². The Morgan fingerprint density at radius 3 is 2.55 bits per heavy atom. The summed E-state index contributed by atoms with van der Waals surface area (Å²) in [7, 11) is 0. The number of aromatic hydroxyl groups is 1. The van der Waals surface area contributed by atoms with Gasteiger partial charge in [-0.1, -0.05) is 36.4 Å². The highest BCUT2D eigenvalue weighted by Gasteiger charge is 2.42. The summed E-state index contributed by atoms with van der Waals surface area (Å²) in [5.41, 5.74) is 4.35. The molecular weight excluding hydrogens is 422 g/mol. The van der Waals surface area contributed by atoms with E-state index in [4.69, 9.17) is 0 Å². The van der Waals surface area contributed by atoms with Gasteiger partial charge in [0.2, 0.25) is 11.8 Å². The Kier molecular flexibility index (Phi) is 7.27. The second-order valence-electron chi connectivity index (χ2n) is 9.03. The molecule has 0 spiro atoms. The number of aliphatic hydroxyl groups is 1. The first-order valence-electron chi connectivity index (χ1n) is 11.5. The molecular formula is C25H31N3O5. The van der Waals surface area contributed by atoms with Crippen LogP contribution in [0, 0.1) is 17.8 Å². The third kappa shape index (κ3) is 5.19. The number of phenols is 1. The maximum absolute atomic E-state index is 13.7. The number of phenolic OH excluding ortho intramolecular Hbond substituents is 1. The largest absolute Gasteiger partial charge is 0.508 e. The molecule has 2 aliphatic rings. The summed E-state index contributed by atoms with van der Waals surface area (Å²) >= 11 is 0. The molecule has 1 fully saturated rings. The predicted molar refractivity (Wildman–Crippen MR) is 121 cm³/mol. The van der Waals surface area contributed by atoms with Crippen LogP contribution in [0.2, 0.25) is 0 Å². The van der Waals surface area contributed by atoms with Gasteiger partial charge >= 0.3 is 0 Å². The highest BCUT2D eigenvalue weighted by atomic mass is 16.5. The van der Waals surface area contributed by atoms with E-state index in [-0.39, 0.29) is 24.0 Å². The second-order valence-corrected chi connectivity index (χ2v) is 9.03. The van der Waals surface area contributed by atoms with E-state index in [0.29, 0.717) is 24.8 Å². The predicted octanol–water partition coefficient (Wildman–Crippen LogP) is 1.45. The Balaban J connectivity index is 1.65. The van der Waals surface area contributed by atoms with Gasteiger partial charge in [0.15, 0.2) is 0 Å². The molecule has 2 aromatic carbocycles. The number of benzene rings is 2. The molecule has 0 radical (unpaired) electrons. The second kappa shape index (κ2) is 10.3. The molecule has 2 amide bonds. The van der Waals surface area contributed by atoms with Crippen molar-refractivity contribution < 1.29 is 25.0 Å². The van der Waals surface area contributed by atoms with Crippen LogP contribution in [0.4, 0.5) is 0 Å². The number of aliphatic hydroxyl groups excluding tert-OH is 1. The Morgan fingerprint density at radius 2 is 1.82 bits per heavy atom. The van der Waals surface area contributed by atoms with E-state index in [1.807, 2.05) is 24.3 Å². The van der Waals surface area contributed by atoms with Crippen LogP contribution in [0.1, 0.15) is 35.6 Å². The molecule has 176 valence electrons. The van der Waals surface area contributed by atoms with E-state index in [0.717, 1.165) is 24.2 Å². The van der Waals surface area contributed by atoms with Gasteiger partial charge in [-0.3, -0.25) is 14.8 Å². The number of amides is 2. The van der Waals surface area contributed by atoms with Crippen molar-refractivity contribution >= 4 is 11.8 Å². The number of rotatable bonds is 7. The van der Waals surface area contributed by atoms with Crippen LogP contribution < -0.4 is 16.1 Å². The average molecular weight is 454 g/mol. The van der Waals surface area contributed by atoms with Gasteiger partial charge in [-0.05, 0) is 67.1 Å². The number of nitrogens with one attached hydrogen (secondary N) is 3. The molecule has 1 saturated heterocycles. The van der Waals surface area contributed by atoms with Crippen LogP contribution in [-0.4, -0.2) is 46.4 Å². The molecule has 0 bridgehead atoms. The van der Waals surface area contributed by atoms with Crippen molar-refractivity contribution in [3.8, 4) is 5.75 Å². The van der Waals surface area contributed by atoms with Crippen LogP contribution in [0.5, 0.6) is 5.75 Å². The number of hydrogen-bond donors (Lipinski definition) is 6. The van der Waals surface area contributed by atoms with Crippen LogP contribution in [0.25, 0.3) is 0 Å². The smallest absolute Gasteiger partial charge is 0.247 e. The van der Waals surface area contributed by atoms with E-state index < -0.39 is 29.9 Å². The highest BCUT2D eigenvalue weighted by molar-refractivity contribution is 5.88. The zero-order valence-electron chi connectivity index (χ0n) is 18.4. The Labute approximate surface area is 193 Å². The van der Waals surface area contributed by atoms with E-state index in [9.17, 15) is 25.0 Å². The molecule has 6 N–H and O–H groups in total. The highest BCUT2D eigenvalue weighted by Crippen LogP contribution is 2.35. The van der Waals surface area contributed by atoms with Crippen molar-refractivity contribution in [1.29, 1.82) is 0 Å². The monoisotopic (exact) mass is 453 g/mol. The fraction of sp³-hybridized carbons (Fsp3) is 0.440. The Bertz CT molecular complexity index is 992. The third-order valence-electron chi connectivity index (χ3n) is 6.94. The van der Waals surface area contributed by atoms with Crippen LogP contribution in [0.3, 0.4) is 0 Å². The zero-order chi connectivity index (χ0) is 23.4. The standard InChI is InChI=1S/C25H31N3O5/c29-18-6-3-4-15(12-18)13-20(22(25(32)28-33)16-8-10-26-11-9-16)24(31)27-23-19-7-2-1-5-17(19)14-21(23)30/h1-7,12,16,20-23,26,29-30,33H,8-11,13-14H2,(H,27,31)(H,28,32)/t20-,21-,22+,23+/m1/s1. The number of hydrogen-bond acceptors (Lipinski definition) is 6. The number of carbonyl (C=O) groups is 2. The molecule has 0 unspecified atom stereocenters. The van der Waals surface area contributed by atoms with Crippen molar-refractivity contribution in [2.24, 2.45) is 17.8 Å². The fourth-order valence-corrected chi connectivity index (χ4v) is 5.33. The minimum absolute atomic E-state index is 0.0804. The van der Waals surface area contributed by atoms with Crippen molar-refractivity contribution in [2.45, 2.75) is 37.8 Å². The normalized spacial score (nSPS) is 22.2. The molecule has 8 nitrogen and oxygen atoms in total. The minimum Gasteiger partial charge on any atom is -0.508 e. The van der Waals surface area contributed by atoms with Crippen molar-refractivity contribution in [3.05, 3.63) is 65.2 Å². The summed E-state index contributed by atoms with van der Waals surface area (Å²) < 4.78 is 0. The number of carbonyl (C=O) groups excluding carboxylic acids is 2. The topological polar surface area (TPSA) is 131 Å². The van der Waals surface area contributed by atoms with E-state index in [2.05, 4.69) is 10.6 Å². The number of piperidine rings is 1. The summed E-state index contributed by atoms with van der Waals surface area (Å²) in [6.07, 6.45) is 1.32. The number of hydroxylamine groups is 1. The van der Waals surface area contributed by atoms with E-state index in [1.54, 1.807) is 29.7 Å². The lowest BCUT2D eigenvalue weighted by Gasteiger charge is -2.35. The summed E-state index contributed by atoms with van der Waals surface area (Å²) in [4.78, 5) is 26.5. The first-order valence-corrected chi connectivity index (χ1v) is 11.5. The summed E-state index contributed by atoms with van der Waals surface area (Å²) in [5.74, 6) is -2.50. The first-order chi connectivity index (χ1) is 16.0. The van der Waals surface area contributed by atoms with Crippen molar-refractivity contribution in [1.82, 2.24) is 16.1 Å². The number of fused-ring (bicyclic) bond motifs is 1. The fourth-order valence-electron chi connectivity index (χ4n) is 5.33. The van der Waals surface area contributed by atoms with E-state index >= 15 is 0 Å². The summed E-state index contributed by atoms with van der Waals surface area (Å²) in [5, 5.41) is 36.3. The molecule has 1 heterocycles. The van der Waals surface area contributed by atoms with Gasteiger partial charge < -0.3 is 20.8 Å². The van der Waals surface area contributed by atoms with Gasteiger partial charge in [-0.25, -0.2) is 5.48 Å². The van der Waals surface area contributed by atoms with Gasteiger partial charge in [0.05, 0.1) is 24.0 Å². The zero-order valence-corrected chi connectivity index (χ0v) is 18.4. The first kappa shape index (κ1) is 23.2. The van der Waals surface area contributed by atoms with E-state index in [1.165, 1.54) is 0 Å². The third-order valence-corrected chi connectivity index (χ3v) is 6.94. The molecule has 0 saturated carbocycles. The Hall–Kier alpha value is -2.94. The lowest BCUT2D eigenvalue weighted by molar-refractivity contribution is -0.143. The van der Waals surface area contributed by atoms with Gasteiger partial charge in [-0.15, -0.1) is 0 Å². The maximum atomic E-state index is 13.7. The van der Waals surface area contributed by atoms with Crippen LogP contribution >= 0.6 is 0 Å².